The normalized spacial score (nSPS) is 10.4. The number of Topliss-reactive ketones (excluding diaryl/α,β-unsaturated/α-hetero) is 1. The van der Waals surface area contributed by atoms with Crippen molar-refractivity contribution in [3.8, 4) is 0 Å². The molecule has 0 fully saturated rings. The molecular formula is C14H13BrN2OS. The van der Waals surface area contributed by atoms with Crippen LogP contribution in [0.4, 0.5) is 5.82 Å². The molecule has 1 heterocycles. The molecule has 0 aliphatic carbocycles. The van der Waals surface area contributed by atoms with Gasteiger partial charge in [-0.05, 0) is 30.3 Å². The second-order valence-corrected chi connectivity index (χ2v) is 5.97. The van der Waals surface area contributed by atoms with Crippen LogP contribution in [0.25, 0.3) is 0 Å². The van der Waals surface area contributed by atoms with E-state index in [9.17, 15) is 4.79 Å². The fourth-order valence-corrected chi connectivity index (χ4v) is 2.58. The van der Waals surface area contributed by atoms with Gasteiger partial charge in [0.05, 0.1) is 5.75 Å². The number of aromatic nitrogens is 1. The van der Waals surface area contributed by atoms with Gasteiger partial charge in [-0.15, -0.1) is 11.8 Å². The predicted molar refractivity (Wildman–Crippen MR) is 82.2 cm³/mol. The Balaban J connectivity index is 1.88. The largest absolute Gasteiger partial charge is 0.383 e. The zero-order chi connectivity index (χ0) is 13.7. The number of nitrogens with zero attached hydrogens (tertiary/aromatic N) is 1. The summed E-state index contributed by atoms with van der Waals surface area (Å²) in [5.41, 5.74) is 6.51. The lowest BCUT2D eigenvalue weighted by molar-refractivity contribution is -0.116. The number of hydrogen-bond acceptors (Lipinski definition) is 4. The highest BCUT2D eigenvalue weighted by Crippen LogP contribution is 2.21. The monoisotopic (exact) mass is 336 g/mol. The number of carbonyl (C=O) groups excluding carboxylic acids is 1. The highest BCUT2D eigenvalue weighted by atomic mass is 79.9. The minimum absolute atomic E-state index is 0.146. The van der Waals surface area contributed by atoms with Crippen molar-refractivity contribution in [1.29, 1.82) is 0 Å². The predicted octanol–water partition coefficient (Wildman–Crippen LogP) is 3.33. The van der Waals surface area contributed by atoms with Crippen LogP contribution in [0.1, 0.15) is 5.56 Å². The van der Waals surface area contributed by atoms with E-state index in [1.807, 2.05) is 30.3 Å². The van der Waals surface area contributed by atoms with Crippen molar-refractivity contribution in [3.63, 3.8) is 0 Å². The number of anilines is 1. The summed E-state index contributed by atoms with van der Waals surface area (Å²) in [5.74, 6) is 1.02. The SMILES string of the molecule is Nc1ncccc1CC(=O)CSc1ccc(Br)cc1. The van der Waals surface area contributed by atoms with Gasteiger partial charge in [0.15, 0.2) is 0 Å². The summed E-state index contributed by atoms with van der Waals surface area (Å²) in [5, 5.41) is 0. The first kappa shape index (κ1) is 14.1. The van der Waals surface area contributed by atoms with Crippen molar-refractivity contribution in [1.82, 2.24) is 4.98 Å². The number of carbonyl (C=O) groups is 1. The van der Waals surface area contributed by atoms with Gasteiger partial charge in [-0.3, -0.25) is 4.79 Å². The molecule has 1 aromatic carbocycles. The first-order chi connectivity index (χ1) is 9.15. The zero-order valence-corrected chi connectivity index (χ0v) is 12.6. The number of benzene rings is 1. The van der Waals surface area contributed by atoms with E-state index in [1.54, 1.807) is 12.3 Å². The van der Waals surface area contributed by atoms with Gasteiger partial charge in [0.2, 0.25) is 0 Å². The third-order valence-corrected chi connectivity index (χ3v) is 4.13. The van der Waals surface area contributed by atoms with Crippen LogP contribution in [0.3, 0.4) is 0 Å². The summed E-state index contributed by atoms with van der Waals surface area (Å²) in [6.07, 6.45) is 1.96. The van der Waals surface area contributed by atoms with Gasteiger partial charge in [0, 0.05) is 27.5 Å². The molecule has 2 aromatic rings. The molecule has 5 heteroatoms. The van der Waals surface area contributed by atoms with Crippen molar-refractivity contribution in [2.24, 2.45) is 0 Å². The number of halogens is 1. The fourth-order valence-electron chi connectivity index (χ4n) is 1.56. The standard InChI is InChI=1S/C14H13BrN2OS/c15-11-3-5-13(6-4-11)19-9-12(18)8-10-2-1-7-17-14(10)16/h1-7H,8-9H2,(H2,16,17). The minimum Gasteiger partial charge on any atom is -0.383 e. The molecule has 0 aliphatic heterocycles. The molecule has 2 rings (SSSR count). The quantitative estimate of drug-likeness (QED) is 0.851. The Bertz CT molecular complexity index is 572. The van der Waals surface area contributed by atoms with Crippen molar-refractivity contribution >= 4 is 39.3 Å². The Morgan fingerprint density at radius 1 is 1.26 bits per heavy atom. The van der Waals surface area contributed by atoms with E-state index in [0.717, 1.165) is 14.9 Å². The van der Waals surface area contributed by atoms with Crippen molar-refractivity contribution in [2.75, 3.05) is 11.5 Å². The number of thioether (sulfide) groups is 1. The van der Waals surface area contributed by atoms with E-state index in [1.165, 1.54) is 11.8 Å². The van der Waals surface area contributed by atoms with E-state index >= 15 is 0 Å². The molecule has 2 N–H and O–H groups in total. The van der Waals surface area contributed by atoms with Gasteiger partial charge < -0.3 is 5.73 Å². The molecule has 1 aromatic heterocycles. The average Bonchev–Trinajstić information content (AvgIpc) is 2.41. The summed E-state index contributed by atoms with van der Waals surface area (Å²) in [4.78, 5) is 16.9. The highest BCUT2D eigenvalue weighted by Gasteiger charge is 2.07. The lowest BCUT2D eigenvalue weighted by atomic mass is 10.1. The van der Waals surface area contributed by atoms with Crippen LogP contribution in [-0.2, 0) is 11.2 Å². The van der Waals surface area contributed by atoms with Gasteiger partial charge in [0.25, 0.3) is 0 Å². The molecule has 0 bridgehead atoms. The molecule has 0 amide bonds. The van der Waals surface area contributed by atoms with E-state index < -0.39 is 0 Å². The van der Waals surface area contributed by atoms with Crippen LogP contribution in [0.5, 0.6) is 0 Å². The summed E-state index contributed by atoms with van der Waals surface area (Å²) >= 11 is 4.91. The number of nitrogens with two attached hydrogens (primary N) is 1. The number of rotatable bonds is 5. The van der Waals surface area contributed by atoms with Crippen LogP contribution >= 0.6 is 27.7 Å². The zero-order valence-electron chi connectivity index (χ0n) is 10.2. The third kappa shape index (κ3) is 4.36. The Labute approximate surface area is 124 Å². The molecule has 19 heavy (non-hydrogen) atoms. The van der Waals surface area contributed by atoms with Crippen LogP contribution in [0, 0.1) is 0 Å². The second-order valence-electron chi connectivity index (χ2n) is 4.01. The maximum absolute atomic E-state index is 11.9. The topological polar surface area (TPSA) is 56.0 Å². The van der Waals surface area contributed by atoms with Crippen molar-refractivity contribution < 1.29 is 4.79 Å². The Hall–Kier alpha value is -1.33. The van der Waals surface area contributed by atoms with E-state index in [-0.39, 0.29) is 5.78 Å². The summed E-state index contributed by atoms with van der Waals surface area (Å²) in [7, 11) is 0. The number of hydrogen-bond donors (Lipinski definition) is 1. The van der Waals surface area contributed by atoms with Gasteiger partial charge in [0.1, 0.15) is 11.6 Å². The first-order valence-corrected chi connectivity index (χ1v) is 7.52. The lowest BCUT2D eigenvalue weighted by Gasteiger charge is -2.04. The van der Waals surface area contributed by atoms with Crippen molar-refractivity contribution in [3.05, 3.63) is 52.6 Å². The highest BCUT2D eigenvalue weighted by molar-refractivity contribution is 9.10. The van der Waals surface area contributed by atoms with Crippen LogP contribution < -0.4 is 5.73 Å². The molecular weight excluding hydrogens is 324 g/mol. The van der Waals surface area contributed by atoms with E-state index in [2.05, 4.69) is 20.9 Å². The van der Waals surface area contributed by atoms with Crippen LogP contribution in [-0.4, -0.2) is 16.5 Å². The van der Waals surface area contributed by atoms with Gasteiger partial charge >= 0.3 is 0 Å². The molecule has 0 radical (unpaired) electrons. The Morgan fingerprint density at radius 3 is 2.68 bits per heavy atom. The van der Waals surface area contributed by atoms with Gasteiger partial charge in [-0.25, -0.2) is 4.98 Å². The molecule has 0 saturated heterocycles. The summed E-state index contributed by atoms with van der Waals surface area (Å²) < 4.78 is 1.03. The smallest absolute Gasteiger partial charge is 0.147 e. The van der Waals surface area contributed by atoms with E-state index in [0.29, 0.717) is 18.0 Å². The Kier molecular flexibility index (Phi) is 4.99. The fraction of sp³-hybridized carbons (Fsp3) is 0.143. The van der Waals surface area contributed by atoms with Gasteiger partial charge in [-0.2, -0.15) is 0 Å². The summed E-state index contributed by atoms with van der Waals surface area (Å²) in [6, 6.07) is 11.5. The molecule has 98 valence electrons. The maximum Gasteiger partial charge on any atom is 0.147 e. The summed E-state index contributed by atoms with van der Waals surface area (Å²) in [6.45, 7) is 0. The van der Waals surface area contributed by atoms with Gasteiger partial charge in [-0.1, -0.05) is 22.0 Å². The third-order valence-electron chi connectivity index (χ3n) is 2.53. The molecule has 0 saturated carbocycles. The molecule has 3 nitrogen and oxygen atoms in total. The lowest BCUT2D eigenvalue weighted by Crippen LogP contribution is -2.08. The first-order valence-electron chi connectivity index (χ1n) is 5.74. The molecule has 0 atom stereocenters. The van der Waals surface area contributed by atoms with Crippen molar-refractivity contribution in [2.45, 2.75) is 11.3 Å². The number of nitrogen functional groups attached to an aromatic ring is 1. The number of pyridine rings is 1. The molecule has 0 unspecified atom stereocenters. The van der Waals surface area contributed by atoms with Crippen LogP contribution in [0.15, 0.2) is 52.0 Å². The minimum atomic E-state index is 0.146. The molecule has 0 aliphatic rings. The van der Waals surface area contributed by atoms with Crippen LogP contribution in [0.2, 0.25) is 0 Å². The Morgan fingerprint density at radius 2 is 2.00 bits per heavy atom. The number of ketones is 1. The maximum atomic E-state index is 11.9. The molecule has 0 spiro atoms. The second kappa shape index (κ2) is 6.73. The average molecular weight is 337 g/mol. The van der Waals surface area contributed by atoms with E-state index in [4.69, 9.17) is 5.73 Å².